The van der Waals surface area contributed by atoms with Crippen LogP contribution >= 0.6 is 0 Å². The number of unbranched alkanes of at least 4 members (excludes halogenated alkanes) is 1. The van der Waals surface area contributed by atoms with E-state index in [9.17, 15) is 19.7 Å². The maximum atomic E-state index is 11.5. The highest BCUT2D eigenvalue weighted by molar-refractivity contribution is 5.71. The number of rotatable bonds is 7. The van der Waals surface area contributed by atoms with E-state index in [0.29, 0.717) is 6.61 Å². The highest BCUT2D eigenvalue weighted by Crippen LogP contribution is 2.16. The molecule has 0 spiro atoms. The zero-order valence-electron chi connectivity index (χ0n) is 13.1. The van der Waals surface area contributed by atoms with Crippen molar-refractivity contribution in [3.63, 3.8) is 0 Å². The third-order valence-corrected chi connectivity index (χ3v) is 3.22. The topological polar surface area (TPSA) is 118 Å². The molecule has 24 heavy (non-hydrogen) atoms. The fourth-order valence-corrected chi connectivity index (χ4v) is 1.99. The lowest BCUT2D eigenvalue weighted by molar-refractivity contribution is -0.386. The van der Waals surface area contributed by atoms with E-state index < -0.39 is 21.9 Å². The van der Waals surface area contributed by atoms with Crippen LogP contribution < -0.4 is 16.0 Å². The third-order valence-electron chi connectivity index (χ3n) is 3.22. The molecule has 126 valence electrons. The minimum atomic E-state index is -1.04. The molecule has 2 rings (SSSR count). The van der Waals surface area contributed by atoms with E-state index in [2.05, 4.69) is 11.9 Å². The van der Waals surface area contributed by atoms with Crippen molar-refractivity contribution in [1.29, 1.82) is 0 Å². The summed E-state index contributed by atoms with van der Waals surface area (Å²) < 4.78 is 5.54. The Hall–Kier alpha value is -3.16. The molecule has 0 saturated carbocycles. The van der Waals surface area contributed by atoms with Crippen molar-refractivity contribution in [2.24, 2.45) is 0 Å². The second kappa shape index (κ2) is 7.91. The number of nitrogens with zero attached hydrogens (tertiary/aromatic N) is 1. The van der Waals surface area contributed by atoms with Gasteiger partial charge in [0.1, 0.15) is 11.4 Å². The van der Waals surface area contributed by atoms with E-state index >= 15 is 0 Å². The maximum absolute atomic E-state index is 11.5. The Morgan fingerprint density at radius 1 is 1.17 bits per heavy atom. The van der Waals surface area contributed by atoms with Gasteiger partial charge in [0.2, 0.25) is 0 Å². The zero-order chi connectivity index (χ0) is 17.5. The number of nitro groups is 1. The highest BCUT2D eigenvalue weighted by atomic mass is 16.6. The van der Waals surface area contributed by atoms with Gasteiger partial charge in [0.15, 0.2) is 0 Å². The summed E-state index contributed by atoms with van der Waals surface area (Å²) in [5.74, 6) is 0.733. The van der Waals surface area contributed by atoms with Crippen molar-refractivity contribution in [3.8, 4) is 5.75 Å². The van der Waals surface area contributed by atoms with Crippen LogP contribution in [0.5, 0.6) is 5.75 Å². The monoisotopic (exact) mass is 331 g/mol. The zero-order valence-corrected chi connectivity index (χ0v) is 13.1. The van der Waals surface area contributed by atoms with Gasteiger partial charge in [-0.3, -0.25) is 19.9 Å². The third kappa shape index (κ3) is 4.42. The summed E-state index contributed by atoms with van der Waals surface area (Å²) >= 11 is 0. The first kappa shape index (κ1) is 17.2. The molecular weight excluding hydrogens is 314 g/mol. The summed E-state index contributed by atoms with van der Waals surface area (Å²) in [6.45, 7) is 2.72. The minimum Gasteiger partial charge on any atom is -0.494 e. The summed E-state index contributed by atoms with van der Waals surface area (Å²) in [5, 5.41) is 10.9. The van der Waals surface area contributed by atoms with Crippen molar-refractivity contribution in [3.05, 3.63) is 66.5 Å². The van der Waals surface area contributed by atoms with Gasteiger partial charge in [-0.25, -0.2) is 4.79 Å². The summed E-state index contributed by atoms with van der Waals surface area (Å²) in [7, 11) is 0. The molecule has 0 unspecified atom stereocenters. The second-order valence-electron chi connectivity index (χ2n) is 5.03. The number of H-pyrrole nitrogens is 2. The van der Waals surface area contributed by atoms with Crippen molar-refractivity contribution in [1.82, 2.24) is 9.97 Å². The van der Waals surface area contributed by atoms with Crippen LogP contribution in [0, 0.1) is 10.1 Å². The molecule has 0 aliphatic rings. The van der Waals surface area contributed by atoms with Crippen LogP contribution in [-0.2, 0) is 0 Å². The fourth-order valence-electron chi connectivity index (χ4n) is 1.99. The molecule has 0 saturated heterocycles. The number of aromatic nitrogens is 2. The Morgan fingerprint density at radius 2 is 1.88 bits per heavy atom. The van der Waals surface area contributed by atoms with E-state index in [0.717, 1.165) is 24.2 Å². The predicted octanol–water partition coefficient (Wildman–Crippen LogP) is 2.32. The van der Waals surface area contributed by atoms with E-state index in [1.807, 2.05) is 4.98 Å². The highest BCUT2D eigenvalue weighted by Gasteiger charge is 2.18. The SMILES string of the molecule is CCCCOc1ccc(/C=C/c2[nH]c(=O)[nH]c(=O)c2[N+](=O)[O-])cc1. The van der Waals surface area contributed by atoms with E-state index in [1.54, 1.807) is 30.3 Å². The van der Waals surface area contributed by atoms with Gasteiger partial charge in [-0.05, 0) is 30.2 Å². The van der Waals surface area contributed by atoms with E-state index in [-0.39, 0.29) is 5.69 Å². The molecule has 8 nitrogen and oxygen atoms in total. The van der Waals surface area contributed by atoms with E-state index in [4.69, 9.17) is 4.74 Å². The average molecular weight is 331 g/mol. The lowest BCUT2D eigenvalue weighted by Crippen LogP contribution is -2.25. The van der Waals surface area contributed by atoms with Crippen molar-refractivity contribution >= 4 is 17.8 Å². The Labute approximate surface area is 137 Å². The molecule has 0 aliphatic heterocycles. The van der Waals surface area contributed by atoms with Crippen LogP contribution in [-0.4, -0.2) is 21.5 Å². The lowest BCUT2D eigenvalue weighted by Gasteiger charge is -2.05. The molecule has 0 bridgehead atoms. The number of benzene rings is 1. The van der Waals surface area contributed by atoms with Crippen LogP contribution in [0.3, 0.4) is 0 Å². The molecular formula is C16H17N3O5. The molecule has 1 aromatic carbocycles. The summed E-state index contributed by atoms with van der Waals surface area (Å²) in [5.41, 5.74) is -1.95. The molecule has 0 amide bonds. The molecule has 0 aliphatic carbocycles. The van der Waals surface area contributed by atoms with Crippen LogP contribution in [0.15, 0.2) is 33.9 Å². The van der Waals surface area contributed by atoms with Gasteiger partial charge in [0.25, 0.3) is 0 Å². The Balaban J connectivity index is 2.21. The smallest absolute Gasteiger partial charge is 0.357 e. The van der Waals surface area contributed by atoms with Gasteiger partial charge in [-0.1, -0.05) is 31.6 Å². The first-order valence-electron chi connectivity index (χ1n) is 7.43. The van der Waals surface area contributed by atoms with Crippen LogP contribution in [0.2, 0.25) is 0 Å². The van der Waals surface area contributed by atoms with Crippen molar-refractivity contribution in [2.75, 3.05) is 6.61 Å². The van der Waals surface area contributed by atoms with Crippen LogP contribution in [0.1, 0.15) is 31.0 Å². The first-order chi connectivity index (χ1) is 11.5. The Bertz CT molecular complexity index is 849. The van der Waals surface area contributed by atoms with Crippen molar-refractivity contribution in [2.45, 2.75) is 19.8 Å². The normalized spacial score (nSPS) is 10.9. The molecule has 1 aromatic heterocycles. The predicted molar refractivity (Wildman–Crippen MR) is 90.1 cm³/mol. The molecule has 8 heteroatoms. The summed E-state index contributed by atoms with van der Waals surface area (Å²) in [4.78, 5) is 37.0. The number of nitrogens with one attached hydrogen (secondary N) is 2. The van der Waals surface area contributed by atoms with Crippen molar-refractivity contribution < 1.29 is 9.66 Å². The van der Waals surface area contributed by atoms with Crippen LogP contribution in [0.25, 0.3) is 12.2 Å². The van der Waals surface area contributed by atoms with Gasteiger partial charge in [0, 0.05) is 0 Å². The number of hydrogen-bond acceptors (Lipinski definition) is 5. The molecule has 1 heterocycles. The van der Waals surface area contributed by atoms with Crippen LogP contribution in [0.4, 0.5) is 5.69 Å². The lowest BCUT2D eigenvalue weighted by atomic mass is 10.2. The van der Waals surface area contributed by atoms with Gasteiger partial charge in [0.05, 0.1) is 11.5 Å². The quantitative estimate of drug-likeness (QED) is 0.458. The van der Waals surface area contributed by atoms with E-state index in [1.165, 1.54) is 6.08 Å². The van der Waals surface area contributed by atoms with Gasteiger partial charge >= 0.3 is 16.9 Å². The molecule has 0 atom stereocenters. The number of hydrogen-bond donors (Lipinski definition) is 2. The number of aromatic amines is 2. The fraction of sp³-hybridized carbons (Fsp3) is 0.250. The number of ether oxygens (including phenoxy) is 1. The summed E-state index contributed by atoms with van der Waals surface area (Å²) in [6.07, 6.45) is 4.91. The molecule has 0 fully saturated rings. The Morgan fingerprint density at radius 3 is 2.50 bits per heavy atom. The van der Waals surface area contributed by atoms with Gasteiger partial charge in [-0.2, -0.15) is 0 Å². The first-order valence-corrected chi connectivity index (χ1v) is 7.43. The molecule has 0 radical (unpaired) electrons. The molecule has 2 N–H and O–H groups in total. The standard InChI is InChI=1S/C16H17N3O5/c1-2-3-10-24-12-7-4-11(5-8-12)6-9-13-14(19(22)23)15(20)18-16(21)17-13/h4-9H,2-3,10H2,1H3,(H2,17,18,20,21)/b9-6+. The minimum absolute atomic E-state index is 0.156. The largest absolute Gasteiger partial charge is 0.494 e. The molecule has 2 aromatic rings. The Kier molecular flexibility index (Phi) is 5.67. The summed E-state index contributed by atoms with van der Waals surface area (Å²) in [6, 6.07) is 7.11. The maximum Gasteiger partial charge on any atom is 0.357 e. The second-order valence-corrected chi connectivity index (χ2v) is 5.03. The van der Waals surface area contributed by atoms with Gasteiger partial charge < -0.3 is 9.72 Å². The average Bonchev–Trinajstić information content (AvgIpc) is 2.53. The van der Waals surface area contributed by atoms with Gasteiger partial charge in [-0.15, -0.1) is 0 Å².